The molecule has 0 fully saturated rings. The summed E-state index contributed by atoms with van der Waals surface area (Å²) in [7, 11) is 0. The molecule has 0 bridgehead atoms. The van der Waals surface area contributed by atoms with E-state index in [9.17, 15) is 9.18 Å². The minimum Gasteiger partial charge on any atom is -0.486 e. The molecule has 2 aromatic heterocycles. The molecule has 0 radical (unpaired) electrons. The Morgan fingerprint density at radius 1 is 0.912 bits per heavy atom. The first-order valence-electron chi connectivity index (χ1n) is 10.8. The maximum atomic E-state index is 14.2. The van der Waals surface area contributed by atoms with E-state index in [1.807, 2.05) is 31.2 Å². The topological polar surface area (TPSA) is 71.2 Å². The number of ether oxygens (including phenoxy) is 2. The number of hydrogen-bond donors (Lipinski definition) is 0. The molecule has 1 aliphatic heterocycles. The number of fused-ring (bicyclic) bond motifs is 2. The first-order chi connectivity index (χ1) is 16.6. The molecule has 168 valence electrons. The van der Waals surface area contributed by atoms with Gasteiger partial charge in [0.05, 0.1) is 17.6 Å². The molecule has 0 atom stereocenters. The number of aromatic nitrogens is 4. The van der Waals surface area contributed by atoms with Crippen molar-refractivity contribution in [2.24, 2.45) is 0 Å². The number of aryl methyl sites for hydroxylation is 1. The van der Waals surface area contributed by atoms with Gasteiger partial charge in [0.1, 0.15) is 30.2 Å². The van der Waals surface area contributed by atoms with Gasteiger partial charge in [-0.1, -0.05) is 29.8 Å². The molecule has 1 aliphatic rings. The van der Waals surface area contributed by atoms with Crippen molar-refractivity contribution in [1.82, 2.24) is 19.3 Å². The largest absolute Gasteiger partial charge is 0.486 e. The zero-order valence-electron chi connectivity index (χ0n) is 18.2. The average Bonchev–Trinajstić information content (AvgIpc) is 3.28. The normalized spacial score (nSPS) is 12.8. The highest BCUT2D eigenvalue weighted by atomic mass is 19.1. The van der Waals surface area contributed by atoms with Crippen LogP contribution < -0.4 is 15.0 Å². The lowest BCUT2D eigenvalue weighted by Crippen LogP contribution is -2.23. The van der Waals surface area contributed by atoms with Crippen molar-refractivity contribution >= 4 is 11.0 Å². The first kappa shape index (κ1) is 20.2. The molecule has 34 heavy (non-hydrogen) atoms. The molecular weight excluding hydrogens is 435 g/mol. The molecule has 0 amide bonds. The molecule has 3 aromatic carbocycles. The van der Waals surface area contributed by atoms with E-state index >= 15 is 0 Å². The summed E-state index contributed by atoms with van der Waals surface area (Å²) in [5, 5.41) is 4.78. The average molecular weight is 454 g/mol. The Balaban J connectivity index is 1.64. The minimum absolute atomic E-state index is 0.294. The van der Waals surface area contributed by atoms with Crippen LogP contribution in [0.2, 0.25) is 0 Å². The van der Waals surface area contributed by atoms with Crippen LogP contribution in [0.25, 0.3) is 33.8 Å². The van der Waals surface area contributed by atoms with Crippen LogP contribution in [-0.4, -0.2) is 32.5 Å². The second-order valence-corrected chi connectivity index (χ2v) is 8.04. The van der Waals surface area contributed by atoms with E-state index in [0.29, 0.717) is 52.8 Å². The summed E-state index contributed by atoms with van der Waals surface area (Å²) in [5.74, 6) is 1.02. The second kappa shape index (κ2) is 7.84. The van der Waals surface area contributed by atoms with Gasteiger partial charge in [0.25, 0.3) is 5.56 Å². The van der Waals surface area contributed by atoms with Gasteiger partial charge in [0.2, 0.25) is 0 Å². The van der Waals surface area contributed by atoms with E-state index in [-0.39, 0.29) is 5.56 Å². The number of rotatable bonds is 3. The predicted octanol–water partition coefficient (Wildman–Crippen LogP) is 4.46. The monoisotopic (exact) mass is 454 g/mol. The molecular formula is C26H19FN4O3. The maximum Gasteiger partial charge on any atom is 0.269 e. The third-order valence-electron chi connectivity index (χ3n) is 5.75. The van der Waals surface area contributed by atoms with Crippen molar-refractivity contribution in [2.75, 3.05) is 13.2 Å². The van der Waals surface area contributed by atoms with E-state index in [0.717, 1.165) is 11.3 Å². The Kier molecular flexibility index (Phi) is 4.65. The molecule has 8 heteroatoms. The Bertz CT molecular complexity index is 1610. The van der Waals surface area contributed by atoms with E-state index in [2.05, 4.69) is 5.10 Å². The molecule has 0 saturated heterocycles. The van der Waals surface area contributed by atoms with Crippen LogP contribution in [0, 0.1) is 12.7 Å². The third-order valence-corrected chi connectivity index (χ3v) is 5.75. The fourth-order valence-electron chi connectivity index (χ4n) is 4.07. The highest BCUT2D eigenvalue weighted by Gasteiger charge is 2.21. The van der Waals surface area contributed by atoms with Gasteiger partial charge in [-0.15, -0.1) is 0 Å². The Morgan fingerprint density at radius 3 is 2.47 bits per heavy atom. The number of halogens is 1. The lowest BCUT2D eigenvalue weighted by atomic mass is 10.1. The molecule has 0 unspecified atom stereocenters. The highest BCUT2D eigenvalue weighted by molar-refractivity contribution is 5.79. The molecule has 6 rings (SSSR count). The quantitative estimate of drug-likeness (QED) is 0.403. The zero-order chi connectivity index (χ0) is 23.2. The fourth-order valence-corrected chi connectivity index (χ4v) is 4.07. The Hall–Kier alpha value is -4.46. The highest BCUT2D eigenvalue weighted by Crippen LogP contribution is 2.33. The lowest BCUT2D eigenvalue weighted by Gasteiger charge is -2.20. The predicted molar refractivity (Wildman–Crippen MR) is 126 cm³/mol. The van der Waals surface area contributed by atoms with E-state index in [4.69, 9.17) is 14.5 Å². The van der Waals surface area contributed by atoms with Gasteiger partial charge in [-0.2, -0.15) is 5.10 Å². The standard InChI is InChI=1S/C26H19FN4O3/c1-16-5-7-19(8-6-16)31-25-21(15-28-31)26(32)30(24(29-25)17-3-2-4-18(27)13-17)20-9-10-22-23(14-20)34-12-11-33-22/h2-10,13-15H,11-12H2,1H3. The minimum atomic E-state index is -0.424. The maximum absolute atomic E-state index is 14.2. The number of nitrogens with zero attached hydrogens (tertiary/aromatic N) is 4. The summed E-state index contributed by atoms with van der Waals surface area (Å²) in [4.78, 5) is 18.6. The summed E-state index contributed by atoms with van der Waals surface area (Å²) in [6.45, 7) is 2.88. The van der Waals surface area contributed by atoms with Crippen LogP contribution >= 0.6 is 0 Å². The summed E-state index contributed by atoms with van der Waals surface area (Å²) < 4.78 is 28.6. The van der Waals surface area contributed by atoms with Crippen molar-refractivity contribution < 1.29 is 13.9 Å². The molecule has 0 saturated carbocycles. The molecule has 5 aromatic rings. The lowest BCUT2D eigenvalue weighted by molar-refractivity contribution is 0.171. The summed E-state index contributed by atoms with van der Waals surface area (Å²) in [6, 6.07) is 19.0. The van der Waals surface area contributed by atoms with E-state index in [1.165, 1.54) is 22.9 Å². The number of benzene rings is 3. The number of hydrogen-bond acceptors (Lipinski definition) is 5. The molecule has 0 N–H and O–H groups in total. The summed E-state index contributed by atoms with van der Waals surface area (Å²) >= 11 is 0. The first-order valence-corrected chi connectivity index (χ1v) is 10.8. The van der Waals surface area contributed by atoms with Crippen molar-refractivity contribution in [1.29, 1.82) is 0 Å². The third kappa shape index (κ3) is 3.31. The molecule has 3 heterocycles. The van der Waals surface area contributed by atoms with Gasteiger partial charge in [0, 0.05) is 11.6 Å². The zero-order valence-corrected chi connectivity index (χ0v) is 18.2. The van der Waals surface area contributed by atoms with E-state index < -0.39 is 5.82 Å². The molecule has 0 aliphatic carbocycles. The molecule has 7 nitrogen and oxygen atoms in total. The summed E-state index contributed by atoms with van der Waals surface area (Å²) in [6.07, 6.45) is 1.51. The SMILES string of the molecule is Cc1ccc(-n2ncc3c(=O)n(-c4ccc5c(c4)OCCO5)c(-c4cccc(F)c4)nc32)cc1. The van der Waals surface area contributed by atoms with Gasteiger partial charge < -0.3 is 9.47 Å². The van der Waals surface area contributed by atoms with Crippen molar-refractivity contribution in [3.05, 3.63) is 94.7 Å². The van der Waals surface area contributed by atoms with Gasteiger partial charge in [0.15, 0.2) is 17.1 Å². The van der Waals surface area contributed by atoms with Gasteiger partial charge >= 0.3 is 0 Å². The Morgan fingerprint density at radius 2 is 1.68 bits per heavy atom. The Labute approximate surface area is 193 Å². The van der Waals surface area contributed by atoms with Crippen LogP contribution in [0.1, 0.15) is 5.56 Å². The van der Waals surface area contributed by atoms with Crippen LogP contribution in [0.5, 0.6) is 11.5 Å². The molecule has 0 spiro atoms. The van der Waals surface area contributed by atoms with Crippen LogP contribution in [0.3, 0.4) is 0 Å². The van der Waals surface area contributed by atoms with Crippen LogP contribution in [0.4, 0.5) is 4.39 Å². The van der Waals surface area contributed by atoms with Crippen molar-refractivity contribution in [2.45, 2.75) is 6.92 Å². The van der Waals surface area contributed by atoms with Crippen molar-refractivity contribution in [3.8, 4) is 34.3 Å². The second-order valence-electron chi connectivity index (χ2n) is 8.04. The van der Waals surface area contributed by atoms with Crippen molar-refractivity contribution in [3.63, 3.8) is 0 Å². The van der Waals surface area contributed by atoms with Gasteiger partial charge in [-0.3, -0.25) is 9.36 Å². The fraction of sp³-hybridized carbons (Fsp3) is 0.115. The van der Waals surface area contributed by atoms with Crippen LogP contribution in [0.15, 0.2) is 77.7 Å². The smallest absolute Gasteiger partial charge is 0.269 e. The van der Waals surface area contributed by atoms with Gasteiger partial charge in [-0.25, -0.2) is 14.1 Å². The van der Waals surface area contributed by atoms with Crippen LogP contribution in [-0.2, 0) is 0 Å². The summed E-state index contributed by atoms with van der Waals surface area (Å²) in [5.41, 5.74) is 2.95. The van der Waals surface area contributed by atoms with Gasteiger partial charge in [-0.05, 0) is 43.3 Å². The van der Waals surface area contributed by atoms with E-state index in [1.54, 1.807) is 35.0 Å².